The van der Waals surface area contributed by atoms with E-state index in [1.54, 1.807) is 0 Å². The Balaban J connectivity index is 2.35. The Labute approximate surface area is 103 Å². The molecule has 3 atom stereocenters. The minimum Gasteiger partial charge on any atom is -0.338 e. The normalized spacial score (nSPS) is 27.9. The van der Waals surface area contributed by atoms with Crippen LogP contribution in [0.2, 0.25) is 0 Å². The van der Waals surface area contributed by atoms with Crippen LogP contribution in [0.1, 0.15) is 40.0 Å². The van der Waals surface area contributed by atoms with E-state index in [0.717, 1.165) is 25.1 Å². The monoisotopic (exact) mass is 244 g/mol. The summed E-state index contributed by atoms with van der Waals surface area (Å²) in [5.74, 6) is 1.38. The van der Waals surface area contributed by atoms with Crippen LogP contribution < -0.4 is 5.73 Å². The molecule has 0 bridgehead atoms. The van der Waals surface area contributed by atoms with Crippen LogP contribution in [0.4, 0.5) is 0 Å². The van der Waals surface area contributed by atoms with Gasteiger partial charge in [0.1, 0.15) is 0 Å². The minimum absolute atomic E-state index is 0.209. The van der Waals surface area contributed by atoms with E-state index in [9.17, 15) is 4.79 Å². The molecular formula is C12H24N2OS. The minimum atomic E-state index is 0.209. The highest BCUT2D eigenvalue weighted by Gasteiger charge is 2.28. The van der Waals surface area contributed by atoms with Crippen molar-refractivity contribution in [3.05, 3.63) is 0 Å². The Kier molecular flexibility index (Phi) is 5.62. The Morgan fingerprint density at radius 3 is 2.88 bits per heavy atom. The van der Waals surface area contributed by atoms with E-state index >= 15 is 0 Å². The second-order valence-corrected chi connectivity index (χ2v) is 6.26. The van der Waals surface area contributed by atoms with Crippen molar-refractivity contribution in [3.63, 3.8) is 0 Å². The van der Waals surface area contributed by atoms with Gasteiger partial charge in [0.05, 0.1) is 0 Å². The van der Waals surface area contributed by atoms with E-state index in [0.29, 0.717) is 23.6 Å². The molecule has 3 unspecified atom stereocenters. The molecule has 94 valence electrons. The van der Waals surface area contributed by atoms with Crippen LogP contribution in [0.15, 0.2) is 0 Å². The van der Waals surface area contributed by atoms with E-state index in [1.807, 2.05) is 23.6 Å². The summed E-state index contributed by atoms with van der Waals surface area (Å²) in [5, 5.41) is 0.561. The van der Waals surface area contributed by atoms with Crippen molar-refractivity contribution < 1.29 is 4.79 Å². The predicted molar refractivity (Wildman–Crippen MR) is 70.6 cm³/mol. The van der Waals surface area contributed by atoms with Gasteiger partial charge in [-0.05, 0) is 26.7 Å². The lowest BCUT2D eigenvalue weighted by Crippen LogP contribution is -2.47. The molecule has 16 heavy (non-hydrogen) atoms. The first-order valence-corrected chi connectivity index (χ1v) is 7.24. The van der Waals surface area contributed by atoms with Crippen molar-refractivity contribution >= 4 is 17.7 Å². The zero-order valence-corrected chi connectivity index (χ0v) is 11.4. The SMILES string of the molecule is CC(N)CCCC(=O)N1CCSC(C)C1C. The van der Waals surface area contributed by atoms with E-state index in [-0.39, 0.29) is 6.04 Å². The zero-order chi connectivity index (χ0) is 12.1. The molecule has 1 heterocycles. The Bertz CT molecular complexity index is 233. The van der Waals surface area contributed by atoms with Gasteiger partial charge in [0.25, 0.3) is 0 Å². The number of nitrogens with two attached hydrogens (primary N) is 1. The zero-order valence-electron chi connectivity index (χ0n) is 10.6. The molecule has 0 aromatic rings. The summed E-state index contributed by atoms with van der Waals surface area (Å²) >= 11 is 1.96. The van der Waals surface area contributed by atoms with Crippen molar-refractivity contribution in [1.82, 2.24) is 4.90 Å². The molecule has 0 radical (unpaired) electrons. The largest absolute Gasteiger partial charge is 0.338 e. The van der Waals surface area contributed by atoms with Gasteiger partial charge >= 0.3 is 0 Å². The smallest absolute Gasteiger partial charge is 0.222 e. The molecule has 1 saturated heterocycles. The fraction of sp³-hybridized carbons (Fsp3) is 0.917. The van der Waals surface area contributed by atoms with Gasteiger partial charge < -0.3 is 10.6 Å². The van der Waals surface area contributed by atoms with Gasteiger partial charge in [0.15, 0.2) is 0 Å². The summed E-state index contributed by atoms with van der Waals surface area (Å²) in [7, 11) is 0. The maximum absolute atomic E-state index is 12.0. The summed E-state index contributed by atoms with van der Waals surface area (Å²) in [5.41, 5.74) is 5.68. The van der Waals surface area contributed by atoms with Crippen LogP contribution in [0, 0.1) is 0 Å². The molecule has 4 heteroatoms. The Morgan fingerprint density at radius 2 is 2.25 bits per heavy atom. The van der Waals surface area contributed by atoms with Crippen molar-refractivity contribution in [2.45, 2.75) is 57.4 Å². The molecule has 0 aromatic carbocycles. The molecule has 0 aliphatic carbocycles. The fourth-order valence-electron chi connectivity index (χ4n) is 2.00. The van der Waals surface area contributed by atoms with Crippen LogP contribution in [0.5, 0.6) is 0 Å². The maximum Gasteiger partial charge on any atom is 0.222 e. The summed E-state index contributed by atoms with van der Waals surface area (Å²) in [6, 6.07) is 0.586. The van der Waals surface area contributed by atoms with E-state index < -0.39 is 0 Å². The van der Waals surface area contributed by atoms with Crippen LogP contribution in [0.25, 0.3) is 0 Å². The lowest BCUT2D eigenvalue weighted by molar-refractivity contribution is -0.133. The molecule has 1 aliphatic rings. The lowest BCUT2D eigenvalue weighted by atomic mass is 10.1. The number of nitrogens with zero attached hydrogens (tertiary/aromatic N) is 1. The Morgan fingerprint density at radius 1 is 1.56 bits per heavy atom. The fourth-order valence-corrected chi connectivity index (χ4v) is 3.10. The van der Waals surface area contributed by atoms with E-state index in [4.69, 9.17) is 5.73 Å². The summed E-state index contributed by atoms with van der Waals surface area (Å²) in [4.78, 5) is 14.1. The molecule has 3 nitrogen and oxygen atoms in total. The van der Waals surface area contributed by atoms with Crippen LogP contribution in [-0.2, 0) is 4.79 Å². The molecule has 1 aliphatic heterocycles. The van der Waals surface area contributed by atoms with Crippen molar-refractivity contribution in [3.8, 4) is 0 Å². The molecular weight excluding hydrogens is 220 g/mol. The van der Waals surface area contributed by atoms with Gasteiger partial charge in [-0.2, -0.15) is 11.8 Å². The van der Waals surface area contributed by atoms with Gasteiger partial charge in [-0.3, -0.25) is 4.79 Å². The number of rotatable bonds is 4. The molecule has 0 saturated carbocycles. The first-order valence-electron chi connectivity index (χ1n) is 6.19. The van der Waals surface area contributed by atoms with Crippen molar-refractivity contribution in [2.75, 3.05) is 12.3 Å². The molecule has 1 fully saturated rings. The van der Waals surface area contributed by atoms with Crippen molar-refractivity contribution in [2.24, 2.45) is 5.73 Å². The van der Waals surface area contributed by atoms with Gasteiger partial charge in [-0.25, -0.2) is 0 Å². The second kappa shape index (κ2) is 6.50. The van der Waals surface area contributed by atoms with Gasteiger partial charge in [-0.1, -0.05) is 6.92 Å². The van der Waals surface area contributed by atoms with E-state index in [2.05, 4.69) is 13.8 Å². The van der Waals surface area contributed by atoms with Crippen LogP contribution >= 0.6 is 11.8 Å². The first kappa shape index (κ1) is 13.8. The van der Waals surface area contributed by atoms with E-state index in [1.165, 1.54) is 0 Å². The number of carbonyl (C=O) groups is 1. The lowest BCUT2D eigenvalue weighted by Gasteiger charge is -2.37. The highest BCUT2D eigenvalue weighted by molar-refractivity contribution is 8.00. The van der Waals surface area contributed by atoms with Gasteiger partial charge in [0, 0.05) is 36.1 Å². The van der Waals surface area contributed by atoms with Crippen LogP contribution in [-0.4, -0.2) is 40.4 Å². The van der Waals surface area contributed by atoms with Gasteiger partial charge in [-0.15, -0.1) is 0 Å². The number of hydrogen-bond acceptors (Lipinski definition) is 3. The molecule has 2 N–H and O–H groups in total. The second-order valence-electron chi connectivity index (χ2n) is 4.77. The topological polar surface area (TPSA) is 46.3 Å². The molecule has 1 rings (SSSR count). The highest BCUT2D eigenvalue weighted by atomic mass is 32.2. The van der Waals surface area contributed by atoms with Crippen molar-refractivity contribution in [1.29, 1.82) is 0 Å². The molecule has 1 amide bonds. The predicted octanol–water partition coefficient (Wildman–Crippen LogP) is 1.86. The average molecular weight is 244 g/mol. The third kappa shape index (κ3) is 3.98. The molecule has 0 spiro atoms. The number of thioether (sulfide) groups is 1. The van der Waals surface area contributed by atoms with Crippen LogP contribution in [0.3, 0.4) is 0 Å². The maximum atomic E-state index is 12.0. The number of amides is 1. The Hall–Kier alpha value is -0.220. The highest BCUT2D eigenvalue weighted by Crippen LogP contribution is 2.24. The van der Waals surface area contributed by atoms with Gasteiger partial charge in [0.2, 0.25) is 5.91 Å². The summed E-state index contributed by atoms with van der Waals surface area (Å²) in [6.07, 6.45) is 2.52. The average Bonchev–Trinajstić information content (AvgIpc) is 2.21. The summed E-state index contributed by atoms with van der Waals surface area (Å²) in [6.45, 7) is 7.26. The third-order valence-electron chi connectivity index (χ3n) is 3.25. The number of hydrogen-bond donors (Lipinski definition) is 1. The quantitative estimate of drug-likeness (QED) is 0.821. The standard InChI is InChI=1S/C12H24N2OS/c1-9(13)5-4-6-12(15)14-7-8-16-11(3)10(14)2/h9-11H,4-8,13H2,1-3H3. The summed E-state index contributed by atoms with van der Waals surface area (Å²) < 4.78 is 0. The number of carbonyl (C=O) groups excluding carboxylic acids is 1. The first-order chi connectivity index (χ1) is 7.52. The molecule has 0 aromatic heterocycles. The third-order valence-corrected chi connectivity index (χ3v) is 4.59.